The van der Waals surface area contributed by atoms with Crippen molar-refractivity contribution in [3.63, 3.8) is 0 Å². The summed E-state index contributed by atoms with van der Waals surface area (Å²) in [6.45, 7) is 2.43. The van der Waals surface area contributed by atoms with E-state index >= 15 is 0 Å². The molecular weight excluding hydrogens is 350 g/mol. The molecule has 4 N–H and O–H groups in total. The number of carbonyl (C=O) groups is 2. The van der Waals surface area contributed by atoms with Crippen molar-refractivity contribution in [1.29, 1.82) is 0 Å². The Hall–Kier alpha value is -2.66. The van der Waals surface area contributed by atoms with Crippen molar-refractivity contribution in [2.45, 2.75) is 50.6 Å². The van der Waals surface area contributed by atoms with Crippen molar-refractivity contribution in [2.24, 2.45) is 5.73 Å². The van der Waals surface area contributed by atoms with Crippen LogP contribution in [-0.4, -0.2) is 23.9 Å². The zero-order valence-electron chi connectivity index (χ0n) is 16.4. The maximum atomic E-state index is 12.8. The Bertz CT molecular complexity index is 796. The number of rotatable bonds is 7. The van der Waals surface area contributed by atoms with Crippen LogP contribution >= 0.6 is 0 Å². The highest BCUT2D eigenvalue weighted by Gasteiger charge is 2.34. The summed E-state index contributed by atoms with van der Waals surface area (Å²) in [7, 11) is 0. The Kier molecular flexibility index (Phi) is 6.47. The van der Waals surface area contributed by atoms with Crippen molar-refractivity contribution >= 4 is 11.8 Å². The van der Waals surface area contributed by atoms with E-state index < -0.39 is 6.04 Å². The van der Waals surface area contributed by atoms with Crippen molar-refractivity contribution in [3.05, 3.63) is 71.3 Å². The second-order valence-electron chi connectivity index (χ2n) is 7.75. The fourth-order valence-electron chi connectivity index (χ4n) is 3.85. The van der Waals surface area contributed by atoms with Gasteiger partial charge in [-0.15, -0.1) is 0 Å². The van der Waals surface area contributed by atoms with Gasteiger partial charge in [-0.05, 0) is 37.5 Å². The number of hydrogen-bond donors (Lipinski definition) is 3. The molecule has 0 aromatic heterocycles. The summed E-state index contributed by atoms with van der Waals surface area (Å²) in [5, 5.41) is 6.17. The Balaban J connectivity index is 1.73. The van der Waals surface area contributed by atoms with E-state index in [0.29, 0.717) is 12.1 Å². The first-order valence-corrected chi connectivity index (χ1v) is 9.95. The van der Waals surface area contributed by atoms with Crippen molar-refractivity contribution < 1.29 is 9.59 Å². The molecule has 3 rings (SSSR count). The van der Waals surface area contributed by atoms with Crippen LogP contribution < -0.4 is 16.4 Å². The number of benzene rings is 2. The van der Waals surface area contributed by atoms with Gasteiger partial charge in [-0.25, -0.2) is 0 Å². The van der Waals surface area contributed by atoms with Gasteiger partial charge in [0.05, 0.1) is 18.0 Å². The molecule has 2 aromatic rings. The van der Waals surface area contributed by atoms with Crippen LogP contribution in [0.3, 0.4) is 0 Å². The van der Waals surface area contributed by atoms with E-state index in [1.165, 1.54) is 0 Å². The fraction of sp³-hybridized carbons (Fsp3) is 0.391. The summed E-state index contributed by atoms with van der Waals surface area (Å²) in [4.78, 5) is 25.5. The molecule has 5 nitrogen and oxygen atoms in total. The van der Waals surface area contributed by atoms with Gasteiger partial charge >= 0.3 is 0 Å². The molecule has 148 valence electrons. The molecule has 1 unspecified atom stereocenters. The van der Waals surface area contributed by atoms with E-state index in [1.807, 2.05) is 49.4 Å². The van der Waals surface area contributed by atoms with Gasteiger partial charge in [-0.3, -0.25) is 9.59 Å². The van der Waals surface area contributed by atoms with Gasteiger partial charge in [-0.2, -0.15) is 0 Å². The Morgan fingerprint density at radius 3 is 2.29 bits per heavy atom. The average molecular weight is 380 g/mol. The molecule has 2 amide bonds. The highest BCUT2D eigenvalue weighted by atomic mass is 16.2. The van der Waals surface area contributed by atoms with Crippen molar-refractivity contribution in [1.82, 2.24) is 10.6 Å². The Labute approximate surface area is 166 Å². The number of nitrogens with one attached hydrogen (secondary N) is 2. The molecule has 0 radical (unpaired) electrons. The van der Waals surface area contributed by atoms with Gasteiger partial charge in [0.1, 0.15) is 0 Å². The molecule has 1 fully saturated rings. The predicted octanol–water partition coefficient (Wildman–Crippen LogP) is 3.24. The van der Waals surface area contributed by atoms with Crippen LogP contribution in [0, 0.1) is 6.92 Å². The quantitative estimate of drug-likeness (QED) is 0.690. The highest BCUT2D eigenvalue weighted by molar-refractivity contribution is 5.94. The lowest BCUT2D eigenvalue weighted by Crippen LogP contribution is -2.52. The number of carbonyl (C=O) groups excluding carboxylic acids is 2. The highest BCUT2D eigenvalue weighted by Crippen LogP contribution is 2.29. The molecular formula is C23H29N3O2. The lowest BCUT2D eigenvalue weighted by molar-refractivity contribution is -0.123. The molecule has 0 aliphatic heterocycles. The third-order valence-corrected chi connectivity index (χ3v) is 5.57. The molecule has 1 aliphatic rings. The number of aryl methyl sites for hydroxylation is 1. The lowest BCUT2D eigenvalue weighted by atomic mass is 9.96. The summed E-state index contributed by atoms with van der Waals surface area (Å²) in [6, 6.07) is 16.6. The summed E-state index contributed by atoms with van der Waals surface area (Å²) in [5.74, 6) is -0.263. The first-order valence-electron chi connectivity index (χ1n) is 9.95. The second-order valence-corrected chi connectivity index (χ2v) is 7.75. The van der Waals surface area contributed by atoms with E-state index in [-0.39, 0.29) is 23.8 Å². The maximum Gasteiger partial charge on any atom is 0.251 e. The Morgan fingerprint density at radius 1 is 1.04 bits per heavy atom. The van der Waals surface area contributed by atoms with Crippen molar-refractivity contribution in [2.75, 3.05) is 6.54 Å². The minimum Gasteiger partial charge on any atom is -0.349 e. The van der Waals surface area contributed by atoms with Crippen LogP contribution in [0.25, 0.3) is 0 Å². The summed E-state index contributed by atoms with van der Waals surface area (Å²) in [6.07, 6.45) is 4.19. The van der Waals surface area contributed by atoms with Crippen LogP contribution in [0.15, 0.2) is 54.6 Å². The van der Waals surface area contributed by atoms with Crippen LogP contribution in [0.4, 0.5) is 0 Å². The van der Waals surface area contributed by atoms with Gasteiger partial charge in [0.25, 0.3) is 5.91 Å². The van der Waals surface area contributed by atoms with E-state index in [4.69, 9.17) is 5.73 Å². The molecule has 28 heavy (non-hydrogen) atoms. The number of nitrogens with two attached hydrogens (primary N) is 1. The van der Waals surface area contributed by atoms with Crippen LogP contribution in [-0.2, 0) is 4.79 Å². The van der Waals surface area contributed by atoms with E-state index in [2.05, 4.69) is 10.6 Å². The number of amides is 2. The maximum absolute atomic E-state index is 12.8. The normalized spacial score (nSPS) is 16.4. The van der Waals surface area contributed by atoms with Gasteiger partial charge < -0.3 is 16.4 Å². The van der Waals surface area contributed by atoms with E-state index in [0.717, 1.165) is 36.8 Å². The van der Waals surface area contributed by atoms with Gasteiger partial charge in [0.2, 0.25) is 5.91 Å². The first kappa shape index (κ1) is 20.1. The molecule has 0 bridgehead atoms. The molecule has 5 heteroatoms. The predicted molar refractivity (Wildman–Crippen MR) is 111 cm³/mol. The van der Waals surface area contributed by atoms with Gasteiger partial charge in [0, 0.05) is 12.1 Å². The van der Waals surface area contributed by atoms with Crippen LogP contribution in [0.1, 0.15) is 59.6 Å². The molecule has 1 aliphatic carbocycles. The topological polar surface area (TPSA) is 84.2 Å². The first-order chi connectivity index (χ1) is 13.5. The molecule has 0 spiro atoms. The smallest absolute Gasteiger partial charge is 0.251 e. The summed E-state index contributed by atoms with van der Waals surface area (Å²) >= 11 is 0. The van der Waals surface area contributed by atoms with Gasteiger partial charge in [-0.1, -0.05) is 60.9 Å². The third kappa shape index (κ3) is 4.98. The minimum absolute atomic E-state index is 0.0783. The monoisotopic (exact) mass is 379 g/mol. The number of hydrogen-bond acceptors (Lipinski definition) is 3. The molecule has 2 aromatic carbocycles. The lowest BCUT2D eigenvalue weighted by Gasteiger charge is -2.30. The summed E-state index contributed by atoms with van der Waals surface area (Å²) < 4.78 is 0. The Morgan fingerprint density at radius 2 is 1.68 bits per heavy atom. The molecule has 1 saturated carbocycles. The standard InChI is InChI=1S/C23H29N3O2/c1-17-9-11-19(12-10-17)22(28)25-20(18-7-3-2-4-8-18)15-21(27)26-23(16-24)13-5-6-14-23/h2-4,7-12,20H,5-6,13-16,24H2,1H3,(H,25,28)(H,26,27). The second kappa shape index (κ2) is 9.02. The largest absolute Gasteiger partial charge is 0.349 e. The minimum atomic E-state index is -0.397. The SMILES string of the molecule is Cc1ccc(C(=O)NC(CC(=O)NC2(CN)CCCC2)c2ccccc2)cc1. The third-order valence-electron chi connectivity index (χ3n) is 5.57. The molecule has 0 saturated heterocycles. The van der Waals surface area contributed by atoms with E-state index in [9.17, 15) is 9.59 Å². The zero-order valence-corrected chi connectivity index (χ0v) is 16.4. The van der Waals surface area contributed by atoms with Gasteiger partial charge in [0.15, 0.2) is 0 Å². The average Bonchev–Trinajstić information content (AvgIpc) is 3.17. The molecule has 0 heterocycles. The zero-order chi connectivity index (χ0) is 20.0. The molecule has 1 atom stereocenters. The fourth-order valence-corrected chi connectivity index (χ4v) is 3.85. The van der Waals surface area contributed by atoms with Crippen LogP contribution in [0.5, 0.6) is 0 Å². The van der Waals surface area contributed by atoms with Crippen LogP contribution in [0.2, 0.25) is 0 Å². The summed E-state index contributed by atoms with van der Waals surface area (Å²) in [5.41, 5.74) is 8.24. The van der Waals surface area contributed by atoms with E-state index in [1.54, 1.807) is 12.1 Å². The van der Waals surface area contributed by atoms with Crippen molar-refractivity contribution in [3.8, 4) is 0 Å².